The van der Waals surface area contributed by atoms with Gasteiger partial charge in [0.25, 0.3) is 0 Å². The van der Waals surface area contributed by atoms with Crippen molar-refractivity contribution in [2.24, 2.45) is 0 Å². The van der Waals surface area contributed by atoms with Gasteiger partial charge in [0.15, 0.2) is 0 Å². The van der Waals surface area contributed by atoms with Crippen LogP contribution in [0.25, 0.3) is 0 Å². The molecule has 0 spiro atoms. The van der Waals surface area contributed by atoms with Gasteiger partial charge in [-0.05, 0) is 25.1 Å². The Hall–Kier alpha value is -1.12. The van der Waals surface area contributed by atoms with Gasteiger partial charge in [0.2, 0.25) is 0 Å². The number of nitrogens with one attached hydrogen (secondary N) is 1. The maximum absolute atomic E-state index is 3.86. The average molecular weight is 246 g/mol. The predicted molar refractivity (Wildman–Crippen MR) is 79.8 cm³/mol. The molecule has 0 saturated heterocycles. The van der Waals surface area contributed by atoms with Gasteiger partial charge in [-0.3, -0.25) is 4.90 Å². The third kappa shape index (κ3) is 4.63. The van der Waals surface area contributed by atoms with Gasteiger partial charge >= 0.3 is 0 Å². The molecule has 1 atom stereocenters. The highest BCUT2D eigenvalue weighted by atomic mass is 15.2. The van der Waals surface area contributed by atoms with Gasteiger partial charge in [-0.25, -0.2) is 0 Å². The van der Waals surface area contributed by atoms with E-state index in [1.807, 2.05) is 6.08 Å². The number of hydrogen-bond acceptors (Lipinski definition) is 2. The first-order valence-electron chi connectivity index (χ1n) is 6.94. The van der Waals surface area contributed by atoms with Crippen LogP contribution in [0.1, 0.15) is 31.9 Å². The van der Waals surface area contributed by atoms with Crippen LogP contribution in [0, 0.1) is 0 Å². The molecule has 18 heavy (non-hydrogen) atoms. The SMILES string of the molecule is C=CCN(CC)C(CNCCC)c1ccccc1. The van der Waals surface area contributed by atoms with Crippen LogP contribution in [0.3, 0.4) is 0 Å². The first-order valence-corrected chi connectivity index (χ1v) is 6.94. The minimum absolute atomic E-state index is 0.431. The molecule has 100 valence electrons. The summed E-state index contributed by atoms with van der Waals surface area (Å²) in [5.74, 6) is 0. The van der Waals surface area contributed by atoms with Crippen molar-refractivity contribution in [1.29, 1.82) is 0 Å². The van der Waals surface area contributed by atoms with E-state index in [2.05, 4.69) is 61.0 Å². The van der Waals surface area contributed by atoms with Crippen molar-refractivity contribution >= 4 is 0 Å². The van der Waals surface area contributed by atoms with Gasteiger partial charge in [0.1, 0.15) is 0 Å². The topological polar surface area (TPSA) is 15.3 Å². The Morgan fingerprint density at radius 2 is 2.00 bits per heavy atom. The summed E-state index contributed by atoms with van der Waals surface area (Å²) in [6, 6.07) is 11.2. The van der Waals surface area contributed by atoms with Crippen LogP contribution in [-0.4, -0.2) is 31.1 Å². The van der Waals surface area contributed by atoms with E-state index >= 15 is 0 Å². The van der Waals surface area contributed by atoms with E-state index in [4.69, 9.17) is 0 Å². The fraction of sp³-hybridized carbons (Fsp3) is 0.500. The number of benzene rings is 1. The molecule has 0 amide bonds. The van der Waals surface area contributed by atoms with Crippen LogP contribution in [-0.2, 0) is 0 Å². The summed E-state index contributed by atoms with van der Waals surface area (Å²) in [5.41, 5.74) is 1.38. The molecule has 0 saturated carbocycles. The highest BCUT2D eigenvalue weighted by Gasteiger charge is 2.17. The minimum Gasteiger partial charge on any atom is -0.315 e. The lowest BCUT2D eigenvalue weighted by Gasteiger charge is -2.30. The molecule has 0 aliphatic rings. The van der Waals surface area contributed by atoms with Crippen molar-refractivity contribution in [3.05, 3.63) is 48.6 Å². The maximum Gasteiger partial charge on any atom is 0.0475 e. The summed E-state index contributed by atoms with van der Waals surface area (Å²) in [5, 5.41) is 3.53. The van der Waals surface area contributed by atoms with Crippen LogP contribution in [0.15, 0.2) is 43.0 Å². The van der Waals surface area contributed by atoms with Crippen molar-refractivity contribution in [2.45, 2.75) is 26.3 Å². The van der Waals surface area contributed by atoms with Crippen LogP contribution in [0.4, 0.5) is 0 Å². The first-order chi connectivity index (χ1) is 8.83. The first kappa shape index (κ1) is 14.9. The highest BCUT2D eigenvalue weighted by Crippen LogP contribution is 2.19. The Morgan fingerprint density at radius 3 is 2.56 bits per heavy atom. The summed E-state index contributed by atoms with van der Waals surface area (Å²) in [4.78, 5) is 2.45. The van der Waals surface area contributed by atoms with Gasteiger partial charge in [-0.15, -0.1) is 6.58 Å². The molecule has 1 aromatic rings. The molecule has 0 radical (unpaired) electrons. The molecule has 1 aromatic carbocycles. The van der Waals surface area contributed by atoms with E-state index < -0.39 is 0 Å². The summed E-state index contributed by atoms with van der Waals surface area (Å²) >= 11 is 0. The molecule has 1 N–H and O–H groups in total. The molecule has 0 fully saturated rings. The Labute approximate surface area is 112 Å². The Bertz CT molecular complexity index is 321. The summed E-state index contributed by atoms with van der Waals surface area (Å²) < 4.78 is 0. The predicted octanol–water partition coefficient (Wildman–Crippen LogP) is 3.24. The average Bonchev–Trinajstić information content (AvgIpc) is 2.43. The van der Waals surface area contributed by atoms with E-state index in [0.717, 1.165) is 26.2 Å². The summed E-state index contributed by atoms with van der Waals surface area (Å²) in [6.07, 6.45) is 3.16. The fourth-order valence-corrected chi connectivity index (χ4v) is 2.19. The molecule has 1 unspecified atom stereocenters. The summed E-state index contributed by atoms with van der Waals surface area (Å²) in [7, 11) is 0. The zero-order valence-corrected chi connectivity index (χ0v) is 11.7. The molecule has 0 aromatic heterocycles. The quantitative estimate of drug-likeness (QED) is 0.531. The second kappa shape index (κ2) is 8.90. The largest absolute Gasteiger partial charge is 0.315 e. The van der Waals surface area contributed by atoms with Crippen molar-refractivity contribution in [3.8, 4) is 0 Å². The Balaban J connectivity index is 2.76. The van der Waals surface area contributed by atoms with Crippen molar-refractivity contribution < 1.29 is 0 Å². The van der Waals surface area contributed by atoms with Gasteiger partial charge in [-0.1, -0.05) is 50.3 Å². The number of nitrogens with zero attached hydrogens (tertiary/aromatic N) is 1. The van der Waals surface area contributed by atoms with Crippen LogP contribution in [0.5, 0.6) is 0 Å². The zero-order chi connectivity index (χ0) is 13.2. The van der Waals surface area contributed by atoms with Gasteiger partial charge in [-0.2, -0.15) is 0 Å². The molecular weight excluding hydrogens is 220 g/mol. The monoisotopic (exact) mass is 246 g/mol. The lowest BCUT2D eigenvalue weighted by atomic mass is 10.0. The van der Waals surface area contributed by atoms with Crippen LogP contribution in [0.2, 0.25) is 0 Å². The van der Waals surface area contributed by atoms with Gasteiger partial charge in [0, 0.05) is 19.1 Å². The van der Waals surface area contributed by atoms with Crippen LogP contribution < -0.4 is 5.32 Å². The standard InChI is InChI=1S/C16H26N2/c1-4-12-17-14-16(18(6-3)13-5-2)15-10-8-7-9-11-15/h5,7-11,16-17H,2,4,6,12-14H2,1,3H3. The van der Waals surface area contributed by atoms with E-state index in [9.17, 15) is 0 Å². The smallest absolute Gasteiger partial charge is 0.0475 e. The molecule has 1 rings (SSSR count). The van der Waals surface area contributed by atoms with Crippen molar-refractivity contribution in [2.75, 3.05) is 26.2 Å². The van der Waals surface area contributed by atoms with Crippen molar-refractivity contribution in [3.63, 3.8) is 0 Å². The fourth-order valence-electron chi connectivity index (χ4n) is 2.19. The molecule has 0 heterocycles. The molecular formula is C16H26N2. The molecule has 0 aliphatic heterocycles. The van der Waals surface area contributed by atoms with Gasteiger partial charge < -0.3 is 5.32 Å². The molecule has 0 bridgehead atoms. The van der Waals surface area contributed by atoms with E-state index in [-0.39, 0.29) is 0 Å². The lowest BCUT2D eigenvalue weighted by Crippen LogP contribution is -2.36. The second-order valence-electron chi connectivity index (χ2n) is 4.51. The molecule has 2 heteroatoms. The van der Waals surface area contributed by atoms with Crippen LogP contribution >= 0.6 is 0 Å². The normalized spacial score (nSPS) is 12.6. The number of likely N-dealkylation sites (N-methyl/N-ethyl adjacent to an activating group) is 1. The third-order valence-electron chi connectivity index (χ3n) is 3.16. The second-order valence-corrected chi connectivity index (χ2v) is 4.51. The Kier molecular flexibility index (Phi) is 7.38. The van der Waals surface area contributed by atoms with E-state index in [0.29, 0.717) is 6.04 Å². The zero-order valence-electron chi connectivity index (χ0n) is 11.7. The summed E-state index contributed by atoms with van der Waals surface area (Å²) in [6.45, 7) is 12.3. The van der Waals surface area contributed by atoms with E-state index in [1.165, 1.54) is 12.0 Å². The molecule has 2 nitrogen and oxygen atoms in total. The lowest BCUT2D eigenvalue weighted by molar-refractivity contribution is 0.225. The third-order valence-corrected chi connectivity index (χ3v) is 3.16. The van der Waals surface area contributed by atoms with Crippen molar-refractivity contribution in [1.82, 2.24) is 10.2 Å². The maximum atomic E-state index is 3.86. The minimum atomic E-state index is 0.431. The number of hydrogen-bond donors (Lipinski definition) is 1. The molecule has 0 aliphatic carbocycles. The number of rotatable bonds is 9. The van der Waals surface area contributed by atoms with E-state index in [1.54, 1.807) is 0 Å². The van der Waals surface area contributed by atoms with Gasteiger partial charge in [0.05, 0.1) is 0 Å². The Morgan fingerprint density at radius 1 is 1.28 bits per heavy atom. The highest BCUT2D eigenvalue weighted by molar-refractivity contribution is 5.19.